The van der Waals surface area contributed by atoms with Gasteiger partial charge in [0.2, 0.25) is 0 Å². The van der Waals surface area contributed by atoms with Crippen LogP contribution in [-0.2, 0) is 11.5 Å². The zero-order chi connectivity index (χ0) is 9.14. The molecule has 0 amide bonds. The van der Waals surface area contributed by atoms with E-state index in [1.165, 1.54) is 18.0 Å². The summed E-state index contributed by atoms with van der Waals surface area (Å²) in [6, 6.07) is 0. The van der Waals surface area contributed by atoms with E-state index < -0.39 is 0 Å². The van der Waals surface area contributed by atoms with Crippen LogP contribution in [0.5, 0.6) is 0 Å². The minimum Gasteiger partial charge on any atom is -0.362 e. The number of nitrogens with zero attached hydrogens (tertiary/aromatic N) is 2. The van der Waals surface area contributed by atoms with E-state index in [2.05, 4.69) is 37.0 Å². The Labute approximate surface area is 85.8 Å². The molecule has 0 aliphatic carbocycles. The first-order chi connectivity index (χ1) is 5.66. The topological polar surface area (TPSA) is 44.1 Å². The van der Waals surface area contributed by atoms with Crippen molar-refractivity contribution in [2.24, 2.45) is 0 Å². The van der Waals surface area contributed by atoms with E-state index >= 15 is 0 Å². The maximum absolute atomic E-state index is 11.3. The van der Waals surface area contributed by atoms with Crippen LogP contribution in [0.3, 0.4) is 0 Å². The van der Waals surface area contributed by atoms with Crippen LogP contribution in [0.15, 0.2) is 19.9 Å². The number of hydrogen-bond donors (Lipinski definition) is 0. The van der Waals surface area contributed by atoms with Gasteiger partial charge in [-0.1, -0.05) is 0 Å². The second kappa shape index (κ2) is 4.15. The van der Waals surface area contributed by atoms with Crippen molar-refractivity contribution in [2.45, 2.75) is 6.73 Å². The van der Waals surface area contributed by atoms with Crippen molar-refractivity contribution in [2.75, 3.05) is 7.11 Å². The molecule has 1 rings (SSSR count). The van der Waals surface area contributed by atoms with Crippen molar-refractivity contribution >= 4 is 31.9 Å². The predicted octanol–water partition coefficient (Wildman–Crippen LogP) is 1.37. The fourth-order valence-corrected chi connectivity index (χ4v) is 1.23. The summed E-state index contributed by atoms with van der Waals surface area (Å²) < 4.78 is 7.08. The van der Waals surface area contributed by atoms with Gasteiger partial charge in [0.15, 0.2) is 0 Å². The minimum atomic E-state index is -0.216. The quantitative estimate of drug-likeness (QED) is 0.828. The number of ether oxygens (including phenoxy) is 1. The lowest BCUT2D eigenvalue weighted by molar-refractivity contribution is 0.116. The summed E-state index contributed by atoms with van der Waals surface area (Å²) >= 11 is 6.29. The molecule has 0 unspecified atom stereocenters. The molecule has 0 atom stereocenters. The van der Waals surface area contributed by atoms with E-state index in [0.29, 0.717) is 8.95 Å². The highest BCUT2D eigenvalue weighted by Gasteiger charge is 2.04. The normalized spacial score (nSPS) is 10.2. The van der Waals surface area contributed by atoms with Crippen molar-refractivity contribution in [3.63, 3.8) is 0 Å². The summed E-state index contributed by atoms with van der Waals surface area (Å²) in [5.74, 6) is 0. The standard InChI is InChI=1S/C6H6Br2N2O2/c1-12-3-10-6(11)5(8)4(7)2-9-10/h2H,3H2,1H3. The molecule has 0 aromatic carbocycles. The van der Waals surface area contributed by atoms with Crippen LogP contribution in [0.1, 0.15) is 0 Å². The Morgan fingerprint density at radius 1 is 1.67 bits per heavy atom. The molecule has 1 aromatic rings. The number of halogens is 2. The molecule has 0 bridgehead atoms. The number of hydrogen-bond acceptors (Lipinski definition) is 3. The van der Waals surface area contributed by atoms with E-state index in [1.54, 1.807) is 0 Å². The number of methoxy groups -OCH3 is 1. The lowest BCUT2D eigenvalue weighted by atomic mass is 10.6. The second-order valence-corrected chi connectivity index (χ2v) is 3.68. The third-order valence-corrected chi connectivity index (χ3v) is 3.09. The lowest BCUT2D eigenvalue weighted by Gasteiger charge is -2.02. The van der Waals surface area contributed by atoms with E-state index in [-0.39, 0.29) is 12.3 Å². The number of rotatable bonds is 2. The third kappa shape index (κ3) is 1.94. The van der Waals surface area contributed by atoms with E-state index in [9.17, 15) is 4.79 Å². The highest BCUT2D eigenvalue weighted by atomic mass is 79.9. The van der Waals surface area contributed by atoms with Crippen molar-refractivity contribution < 1.29 is 4.74 Å². The van der Waals surface area contributed by atoms with Gasteiger partial charge in [0.25, 0.3) is 5.56 Å². The lowest BCUT2D eigenvalue weighted by Crippen LogP contribution is -2.24. The second-order valence-electron chi connectivity index (χ2n) is 2.03. The SMILES string of the molecule is COCn1ncc(Br)c(Br)c1=O. The molecular formula is C6H6Br2N2O2. The van der Waals surface area contributed by atoms with Crippen molar-refractivity contribution in [1.82, 2.24) is 9.78 Å². The number of aromatic nitrogens is 2. The summed E-state index contributed by atoms with van der Waals surface area (Å²) in [6.07, 6.45) is 1.53. The maximum Gasteiger partial charge on any atom is 0.284 e. The molecule has 0 aliphatic heterocycles. The average Bonchev–Trinajstić information content (AvgIpc) is 2.07. The Kier molecular flexibility index (Phi) is 3.42. The summed E-state index contributed by atoms with van der Waals surface area (Å²) in [6.45, 7) is 0.157. The molecule has 1 aromatic heterocycles. The summed E-state index contributed by atoms with van der Waals surface area (Å²) in [7, 11) is 1.50. The van der Waals surface area contributed by atoms with Gasteiger partial charge < -0.3 is 4.74 Å². The highest BCUT2D eigenvalue weighted by Crippen LogP contribution is 2.16. The molecule has 6 heteroatoms. The van der Waals surface area contributed by atoms with Gasteiger partial charge in [-0.05, 0) is 31.9 Å². The zero-order valence-electron chi connectivity index (χ0n) is 6.25. The molecule has 12 heavy (non-hydrogen) atoms. The van der Waals surface area contributed by atoms with Crippen molar-refractivity contribution in [1.29, 1.82) is 0 Å². The van der Waals surface area contributed by atoms with Crippen LogP contribution in [0, 0.1) is 0 Å². The van der Waals surface area contributed by atoms with Gasteiger partial charge in [0, 0.05) is 7.11 Å². The van der Waals surface area contributed by atoms with Crippen LogP contribution >= 0.6 is 31.9 Å². The monoisotopic (exact) mass is 296 g/mol. The van der Waals surface area contributed by atoms with Crippen LogP contribution in [0.25, 0.3) is 0 Å². The van der Waals surface area contributed by atoms with E-state index in [1.807, 2.05) is 0 Å². The molecule has 0 saturated carbocycles. The molecule has 66 valence electrons. The molecule has 0 radical (unpaired) electrons. The van der Waals surface area contributed by atoms with Crippen LogP contribution in [-0.4, -0.2) is 16.9 Å². The van der Waals surface area contributed by atoms with E-state index in [0.717, 1.165) is 0 Å². The molecular weight excluding hydrogens is 292 g/mol. The largest absolute Gasteiger partial charge is 0.362 e. The van der Waals surface area contributed by atoms with Gasteiger partial charge >= 0.3 is 0 Å². The Morgan fingerprint density at radius 3 is 2.92 bits per heavy atom. The Hall–Kier alpha value is -0.200. The fourth-order valence-electron chi connectivity index (χ4n) is 0.659. The van der Waals surface area contributed by atoms with Gasteiger partial charge in [0.1, 0.15) is 11.2 Å². The van der Waals surface area contributed by atoms with Crippen molar-refractivity contribution in [3.8, 4) is 0 Å². The summed E-state index contributed by atoms with van der Waals surface area (Å²) in [5.41, 5.74) is -0.216. The summed E-state index contributed by atoms with van der Waals surface area (Å²) in [5, 5.41) is 3.83. The van der Waals surface area contributed by atoms with Gasteiger partial charge in [-0.25, -0.2) is 4.68 Å². The Morgan fingerprint density at radius 2 is 2.33 bits per heavy atom. The smallest absolute Gasteiger partial charge is 0.284 e. The summed E-state index contributed by atoms with van der Waals surface area (Å²) in [4.78, 5) is 11.3. The van der Waals surface area contributed by atoms with Gasteiger partial charge in [-0.15, -0.1) is 0 Å². The van der Waals surface area contributed by atoms with Crippen LogP contribution in [0.2, 0.25) is 0 Å². The first kappa shape index (κ1) is 9.88. The van der Waals surface area contributed by atoms with Gasteiger partial charge in [0.05, 0.1) is 10.7 Å². The molecule has 0 saturated heterocycles. The first-order valence-electron chi connectivity index (χ1n) is 3.07. The molecule has 1 heterocycles. The van der Waals surface area contributed by atoms with Crippen molar-refractivity contribution in [3.05, 3.63) is 25.5 Å². The Balaban J connectivity index is 3.18. The van der Waals surface area contributed by atoms with Crippen LogP contribution in [0.4, 0.5) is 0 Å². The third-order valence-electron chi connectivity index (χ3n) is 1.19. The molecule has 0 fully saturated rings. The molecule has 4 nitrogen and oxygen atoms in total. The van der Waals surface area contributed by atoms with E-state index in [4.69, 9.17) is 4.74 Å². The zero-order valence-corrected chi connectivity index (χ0v) is 9.42. The maximum atomic E-state index is 11.3. The predicted molar refractivity (Wildman–Crippen MR) is 50.9 cm³/mol. The molecule has 0 aliphatic rings. The van der Waals surface area contributed by atoms with Crippen LogP contribution < -0.4 is 5.56 Å². The molecule has 0 N–H and O–H groups in total. The fraction of sp³-hybridized carbons (Fsp3) is 0.333. The average molecular weight is 298 g/mol. The first-order valence-corrected chi connectivity index (χ1v) is 4.65. The van der Waals surface area contributed by atoms with Gasteiger partial charge in [-0.3, -0.25) is 4.79 Å². The Bertz CT molecular complexity index is 337. The minimum absolute atomic E-state index is 0.157. The highest BCUT2D eigenvalue weighted by molar-refractivity contribution is 9.13. The molecule has 0 spiro atoms. The van der Waals surface area contributed by atoms with Gasteiger partial charge in [-0.2, -0.15) is 5.10 Å².